The molecule has 1 aromatic rings. The van der Waals surface area contributed by atoms with Crippen molar-refractivity contribution >= 4 is 11.8 Å². The third-order valence-electron chi connectivity index (χ3n) is 5.13. The SMILES string of the molecule is O=C1NCCC1N1Cc2ccc(C3CCCNC3)cc2C1=O. The third-order valence-corrected chi connectivity index (χ3v) is 5.13. The molecule has 3 heterocycles. The normalized spacial score (nSPS) is 27.9. The average molecular weight is 299 g/mol. The van der Waals surface area contributed by atoms with Gasteiger partial charge in [0, 0.05) is 25.2 Å². The van der Waals surface area contributed by atoms with Gasteiger partial charge in [-0.05, 0) is 48.9 Å². The molecule has 5 nitrogen and oxygen atoms in total. The highest BCUT2D eigenvalue weighted by Crippen LogP contribution is 2.31. The van der Waals surface area contributed by atoms with Gasteiger partial charge in [-0.25, -0.2) is 0 Å². The number of carbonyl (C=O) groups excluding carboxylic acids is 2. The maximum atomic E-state index is 12.7. The van der Waals surface area contributed by atoms with Crippen molar-refractivity contribution in [1.29, 1.82) is 0 Å². The van der Waals surface area contributed by atoms with Crippen LogP contribution in [0, 0.1) is 0 Å². The summed E-state index contributed by atoms with van der Waals surface area (Å²) in [5.74, 6) is 0.496. The van der Waals surface area contributed by atoms with Gasteiger partial charge in [0.1, 0.15) is 6.04 Å². The van der Waals surface area contributed by atoms with Crippen LogP contribution in [-0.4, -0.2) is 42.4 Å². The van der Waals surface area contributed by atoms with Gasteiger partial charge in [-0.3, -0.25) is 9.59 Å². The topological polar surface area (TPSA) is 61.4 Å². The Bertz CT molecular complexity index is 622. The van der Waals surface area contributed by atoms with Crippen LogP contribution in [0.25, 0.3) is 0 Å². The van der Waals surface area contributed by atoms with Crippen molar-refractivity contribution in [2.24, 2.45) is 0 Å². The quantitative estimate of drug-likeness (QED) is 0.856. The number of piperidine rings is 1. The predicted molar refractivity (Wildman–Crippen MR) is 82.6 cm³/mol. The van der Waals surface area contributed by atoms with E-state index in [1.807, 2.05) is 0 Å². The molecule has 0 aliphatic carbocycles. The fourth-order valence-electron chi connectivity index (χ4n) is 3.86. The Kier molecular flexibility index (Phi) is 3.37. The van der Waals surface area contributed by atoms with Crippen molar-refractivity contribution in [3.05, 3.63) is 34.9 Å². The molecule has 2 saturated heterocycles. The van der Waals surface area contributed by atoms with Crippen LogP contribution < -0.4 is 10.6 Å². The first kappa shape index (κ1) is 13.8. The maximum Gasteiger partial charge on any atom is 0.255 e. The summed E-state index contributed by atoms with van der Waals surface area (Å²) >= 11 is 0. The summed E-state index contributed by atoms with van der Waals surface area (Å²) in [6.45, 7) is 3.31. The lowest BCUT2D eigenvalue weighted by molar-refractivity contribution is -0.123. The molecule has 2 amide bonds. The van der Waals surface area contributed by atoms with Gasteiger partial charge in [0.15, 0.2) is 0 Å². The van der Waals surface area contributed by atoms with Crippen LogP contribution in [0.15, 0.2) is 18.2 Å². The summed E-state index contributed by atoms with van der Waals surface area (Å²) in [6, 6.07) is 5.99. The molecule has 0 bridgehead atoms. The number of nitrogens with one attached hydrogen (secondary N) is 2. The largest absolute Gasteiger partial charge is 0.354 e. The first-order valence-corrected chi connectivity index (χ1v) is 8.16. The Morgan fingerprint density at radius 3 is 2.77 bits per heavy atom. The summed E-state index contributed by atoms with van der Waals surface area (Å²) in [7, 11) is 0. The molecule has 5 heteroatoms. The minimum Gasteiger partial charge on any atom is -0.354 e. The van der Waals surface area contributed by atoms with E-state index in [9.17, 15) is 9.59 Å². The minimum atomic E-state index is -0.292. The van der Waals surface area contributed by atoms with E-state index in [1.54, 1.807) is 4.90 Å². The number of hydrogen-bond acceptors (Lipinski definition) is 3. The maximum absolute atomic E-state index is 12.7. The summed E-state index contributed by atoms with van der Waals surface area (Å²) in [5, 5.41) is 6.24. The molecule has 22 heavy (non-hydrogen) atoms. The molecule has 1 aromatic carbocycles. The van der Waals surface area contributed by atoms with Crippen LogP contribution in [0.5, 0.6) is 0 Å². The second kappa shape index (κ2) is 5.39. The number of amides is 2. The molecule has 116 valence electrons. The highest BCUT2D eigenvalue weighted by atomic mass is 16.2. The number of rotatable bonds is 2. The van der Waals surface area contributed by atoms with Gasteiger partial charge in [0.2, 0.25) is 5.91 Å². The van der Waals surface area contributed by atoms with E-state index >= 15 is 0 Å². The summed E-state index contributed by atoms with van der Waals surface area (Å²) in [5.41, 5.74) is 3.09. The number of fused-ring (bicyclic) bond motifs is 1. The molecule has 0 spiro atoms. The standard InChI is InChI=1S/C17H21N3O2/c21-16-15(5-7-19-16)20-10-13-4-3-11(8-14(13)17(20)22)12-2-1-6-18-9-12/h3-4,8,12,15,18H,1-2,5-7,9-10H2,(H,19,21). The molecule has 0 aromatic heterocycles. The summed E-state index contributed by atoms with van der Waals surface area (Å²) < 4.78 is 0. The fraction of sp³-hybridized carbons (Fsp3) is 0.529. The Hall–Kier alpha value is -1.88. The van der Waals surface area contributed by atoms with Crippen LogP contribution in [-0.2, 0) is 11.3 Å². The van der Waals surface area contributed by atoms with Gasteiger partial charge in [-0.15, -0.1) is 0 Å². The van der Waals surface area contributed by atoms with E-state index in [-0.39, 0.29) is 17.9 Å². The predicted octanol–water partition coefficient (Wildman–Crippen LogP) is 0.998. The monoisotopic (exact) mass is 299 g/mol. The second-order valence-corrected chi connectivity index (χ2v) is 6.49. The van der Waals surface area contributed by atoms with Crippen LogP contribution in [0.3, 0.4) is 0 Å². The van der Waals surface area contributed by atoms with Crippen LogP contribution in [0.1, 0.15) is 46.7 Å². The minimum absolute atomic E-state index is 0.0159. The van der Waals surface area contributed by atoms with E-state index in [1.165, 1.54) is 18.4 Å². The van der Waals surface area contributed by atoms with E-state index in [4.69, 9.17) is 0 Å². The van der Waals surface area contributed by atoms with E-state index in [2.05, 4.69) is 28.8 Å². The lowest BCUT2D eigenvalue weighted by Gasteiger charge is -2.23. The van der Waals surface area contributed by atoms with Crippen molar-refractivity contribution in [2.45, 2.75) is 37.8 Å². The first-order valence-electron chi connectivity index (χ1n) is 8.16. The zero-order chi connectivity index (χ0) is 15.1. The number of benzene rings is 1. The first-order chi connectivity index (χ1) is 10.7. The highest BCUT2D eigenvalue weighted by molar-refractivity contribution is 6.01. The number of hydrogen-bond donors (Lipinski definition) is 2. The lowest BCUT2D eigenvalue weighted by Crippen LogP contribution is -2.40. The van der Waals surface area contributed by atoms with E-state index in [0.29, 0.717) is 19.0 Å². The Labute approximate surface area is 130 Å². The van der Waals surface area contributed by atoms with Crippen molar-refractivity contribution in [3.63, 3.8) is 0 Å². The zero-order valence-corrected chi connectivity index (χ0v) is 12.6. The summed E-state index contributed by atoms with van der Waals surface area (Å²) in [4.78, 5) is 26.3. The Morgan fingerprint density at radius 2 is 2.05 bits per heavy atom. The van der Waals surface area contributed by atoms with Gasteiger partial charge in [0.25, 0.3) is 5.91 Å². The second-order valence-electron chi connectivity index (χ2n) is 6.49. The summed E-state index contributed by atoms with van der Waals surface area (Å²) in [6.07, 6.45) is 3.08. The lowest BCUT2D eigenvalue weighted by atomic mass is 9.90. The van der Waals surface area contributed by atoms with Crippen LogP contribution >= 0.6 is 0 Å². The van der Waals surface area contributed by atoms with E-state index < -0.39 is 0 Å². The van der Waals surface area contributed by atoms with Crippen molar-refractivity contribution in [2.75, 3.05) is 19.6 Å². The molecule has 3 aliphatic heterocycles. The van der Waals surface area contributed by atoms with Crippen molar-refractivity contribution in [1.82, 2.24) is 15.5 Å². The molecule has 0 saturated carbocycles. The van der Waals surface area contributed by atoms with Gasteiger partial charge >= 0.3 is 0 Å². The molecular weight excluding hydrogens is 278 g/mol. The average Bonchev–Trinajstić information content (AvgIpc) is 3.11. The van der Waals surface area contributed by atoms with Crippen molar-refractivity contribution < 1.29 is 9.59 Å². The number of nitrogens with zero attached hydrogens (tertiary/aromatic N) is 1. The molecule has 2 unspecified atom stereocenters. The number of carbonyl (C=O) groups is 2. The molecule has 0 radical (unpaired) electrons. The van der Waals surface area contributed by atoms with Gasteiger partial charge < -0.3 is 15.5 Å². The molecule has 3 aliphatic rings. The molecule has 2 fully saturated rings. The van der Waals surface area contributed by atoms with E-state index in [0.717, 1.165) is 30.6 Å². The molecule has 4 rings (SSSR count). The molecule has 2 N–H and O–H groups in total. The Morgan fingerprint density at radius 1 is 1.14 bits per heavy atom. The van der Waals surface area contributed by atoms with Crippen molar-refractivity contribution in [3.8, 4) is 0 Å². The van der Waals surface area contributed by atoms with Crippen LogP contribution in [0.4, 0.5) is 0 Å². The van der Waals surface area contributed by atoms with Gasteiger partial charge in [-0.2, -0.15) is 0 Å². The highest BCUT2D eigenvalue weighted by Gasteiger charge is 2.38. The smallest absolute Gasteiger partial charge is 0.255 e. The van der Waals surface area contributed by atoms with Gasteiger partial charge in [-0.1, -0.05) is 12.1 Å². The van der Waals surface area contributed by atoms with Crippen LogP contribution in [0.2, 0.25) is 0 Å². The molecule has 2 atom stereocenters. The zero-order valence-electron chi connectivity index (χ0n) is 12.6. The molecular formula is C17H21N3O2. The fourth-order valence-corrected chi connectivity index (χ4v) is 3.86. The van der Waals surface area contributed by atoms with Gasteiger partial charge in [0.05, 0.1) is 0 Å². The Balaban J connectivity index is 1.59. The third kappa shape index (κ3) is 2.20.